The number of carbonyl (C=O) groups is 1. The Morgan fingerprint density at radius 3 is 2.85 bits per heavy atom. The van der Waals surface area contributed by atoms with Crippen LogP contribution in [0.2, 0.25) is 0 Å². The van der Waals surface area contributed by atoms with Crippen molar-refractivity contribution in [2.75, 3.05) is 38.6 Å². The normalized spacial score (nSPS) is 17.1. The fraction of sp³-hybridized carbons (Fsp3) is 0.533. The molecular formula is C15H20ClIN2O. The average molecular weight is 407 g/mol. The summed E-state index contributed by atoms with van der Waals surface area (Å²) in [5.41, 5.74) is 1.99. The highest BCUT2D eigenvalue weighted by Crippen LogP contribution is 2.19. The van der Waals surface area contributed by atoms with E-state index in [1.54, 1.807) is 0 Å². The number of hydrogen-bond donors (Lipinski definition) is 0. The van der Waals surface area contributed by atoms with Crippen LogP contribution in [0.25, 0.3) is 0 Å². The smallest absolute Gasteiger partial charge is 0.254 e. The Kier molecular flexibility index (Phi) is 6.11. The van der Waals surface area contributed by atoms with Gasteiger partial charge in [0.1, 0.15) is 0 Å². The molecule has 2 rings (SSSR count). The molecule has 0 unspecified atom stereocenters. The number of aryl methyl sites for hydroxylation is 1. The molecule has 1 aromatic carbocycles. The zero-order valence-corrected chi connectivity index (χ0v) is 14.7. The molecule has 3 nitrogen and oxygen atoms in total. The van der Waals surface area contributed by atoms with E-state index >= 15 is 0 Å². The summed E-state index contributed by atoms with van der Waals surface area (Å²) in [5.74, 6) is 0.815. The molecule has 1 amide bonds. The maximum Gasteiger partial charge on any atom is 0.254 e. The highest BCUT2D eigenvalue weighted by Gasteiger charge is 2.21. The fourth-order valence-corrected chi connectivity index (χ4v) is 3.33. The summed E-state index contributed by atoms with van der Waals surface area (Å²) in [4.78, 5) is 17.0. The molecule has 0 N–H and O–H groups in total. The minimum Gasteiger partial charge on any atom is -0.337 e. The van der Waals surface area contributed by atoms with Crippen molar-refractivity contribution in [3.8, 4) is 0 Å². The van der Waals surface area contributed by atoms with Crippen molar-refractivity contribution in [3.63, 3.8) is 0 Å². The van der Waals surface area contributed by atoms with E-state index in [2.05, 4.69) is 27.5 Å². The van der Waals surface area contributed by atoms with Crippen molar-refractivity contribution in [2.45, 2.75) is 13.3 Å². The van der Waals surface area contributed by atoms with Gasteiger partial charge in [-0.15, -0.1) is 11.6 Å². The maximum absolute atomic E-state index is 12.7. The van der Waals surface area contributed by atoms with E-state index in [-0.39, 0.29) is 5.91 Å². The zero-order valence-electron chi connectivity index (χ0n) is 11.7. The van der Waals surface area contributed by atoms with Crippen LogP contribution in [-0.4, -0.2) is 54.3 Å². The molecule has 20 heavy (non-hydrogen) atoms. The van der Waals surface area contributed by atoms with E-state index < -0.39 is 0 Å². The van der Waals surface area contributed by atoms with Gasteiger partial charge in [0.2, 0.25) is 0 Å². The summed E-state index contributed by atoms with van der Waals surface area (Å²) < 4.78 is 1.07. The van der Waals surface area contributed by atoms with Gasteiger partial charge in [-0.2, -0.15) is 0 Å². The number of nitrogens with zero attached hydrogens (tertiary/aromatic N) is 2. The molecule has 0 radical (unpaired) electrons. The van der Waals surface area contributed by atoms with Crippen LogP contribution in [0.4, 0.5) is 0 Å². The second-order valence-electron chi connectivity index (χ2n) is 5.11. The third kappa shape index (κ3) is 3.86. The van der Waals surface area contributed by atoms with Crippen molar-refractivity contribution in [1.82, 2.24) is 9.80 Å². The summed E-state index contributed by atoms with van der Waals surface area (Å²) in [5, 5.41) is 0. The van der Waals surface area contributed by atoms with Crippen LogP contribution >= 0.6 is 34.2 Å². The standard InChI is InChI=1S/C15H20ClIN2O/c1-12-4-2-5-13(14(12)17)15(20)19-8-3-7-18(9-6-16)10-11-19/h2,4-5H,3,6-11H2,1H3. The lowest BCUT2D eigenvalue weighted by Crippen LogP contribution is -2.36. The van der Waals surface area contributed by atoms with E-state index in [1.807, 2.05) is 30.0 Å². The fourth-order valence-electron chi connectivity index (χ4n) is 2.50. The molecule has 1 aromatic rings. The van der Waals surface area contributed by atoms with Gasteiger partial charge in [0.05, 0.1) is 5.56 Å². The van der Waals surface area contributed by atoms with Crippen LogP contribution in [0, 0.1) is 10.5 Å². The summed E-state index contributed by atoms with van der Waals surface area (Å²) in [7, 11) is 0. The molecule has 1 fully saturated rings. The van der Waals surface area contributed by atoms with E-state index in [0.29, 0.717) is 5.88 Å². The van der Waals surface area contributed by atoms with Gasteiger partial charge in [-0.25, -0.2) is 0 Å². The summed E-state index contributed by atoms with van der Waals surface area (Å²) in [6.07, 6.45) is 1.02. The van der Waals surface area contributed by atoms with Gasteiger partial charge in [-0.3, -0.25) is 4.79 Å². The Morgan fingerprint density at radius 1 is 1.30 bits per heavy atom. The number of alkyl halides is 1. The van der Waals surface area contributed by atoms with Gasteiger partial charge in [0.15, 0.2) is 0 Å². The largest absolute Gasteiger partial charge is 0.337 e. The number of hydrogen-bond acceptors (Lipinski definition) is 2. The molecule has 0 aliphatic carbocycles. The van der Waals surface area contributed by atoms with Gasteiger partial charge in [0.25, 0.3) is 5.91 Å². The first kappa shape index (κ1) is 16.0. The monoisotopic (exact) mass is 406 g/mol. The van der Waals surface area contributed by atoms with Crippen molar-refractivity contribution >= 4 is 40.1 Å². The lowest BCUT2D eigenvalue weighted by atomic mass is 10.1. The van der Waals surface area contributed by atoms with Crippen LogP contribution in [-0.2, 0) is 0 Å². The quantitative estimate of drug-likeness (QED) is 0.569. The second-order valence-corrected chi connectivity index (χ2v) is 6.57. The molecule has 0 aromatic heterocycles. The molecule has 0 bridgehead atoms. The maximum atomic E-state index is 12.7. The van der Waals surface area contributed by atoms with Crippen LogP contribution < -0.4 is 0 Å². The molecule has 1 heterocycles. The summed E-state index contributed by atoms with van der Waals surface area (Å²) in [6.45, 7) is 6.53. The lowest BCUT2D eigenvalue weighted by molar-refractivity contribution is 0.0760. The molecule has 1 saturated heterocycles. The first-order valence-corrected chi connectivity index (χ1v) is 8.57. The third-order valence-electron chi connectivity index (χ3n) is 3.70. The third-order valence-corrected chi connectivity index (χ3v) is 5.30. The van der Waals surface area contributed by atoms with E-state index in [1.165, 1.54) is 0 Å². The van der Waals surface area contributed by atoms with Crippen LogP contribution in [0.15, 0.2) is 18.2 Å². The number of carbonyl (C=O) groups excluding carboxylic acids is 1. The Labute approximate surface area is 139 Å². The first-order valence-electron chi connectivity index (χ1n) is 6.96. The van der Waals surface area contributed by atoms with Crippen molar-refractivity contribution in [2.24, 2.45) is 0 Å². The number of halogens is 2. The predicted octanol–water partition coefficient (Wildman–Crippen LogP) is 2.99. The van der Waals surface area contributed by atoms with Gasteiger partial charge >= 0.3 is 0 Å². The van der Waals surface area contributed by atoms with Gasteiger partial charge in [0, 0.05) is 35.6 Å². The minimum atomic E-state index is 0.158. The SMILES string of the molecule is Cc1cccc(C(=O)N2CCCN(CCCl)CC2)c1I. The molecule has 5 heteroatoms. The average Bonchev–Trinajstić information content (AvgIpc) is 2.67. The zero-order chi connectivity index (χ0) is 14.5. The topological polar surface area (TPSA) is 23.6 Å². The van der Waals surface area contributed by atoms with Gasteiger partial charge in [-0.1, -0.05) is 12.1 Å². The first-order chi connectivity index (χ1) is 9.63. The van der Waals surface area contributed by atoms with Gasteiger partial charge < -0.3 is 9.80 Å². The Bertz CT molecular complexity index is 481. The molecule has 0 spiro atoms. The van der Waals surface area contributed by atoms with Crippen molar-refractivity contribution in [3.05, 3.63) is 32.9 Å². The highest BCUT2D eigenvalue weighted by molar-refractivity contribution is 14.1. The van der Waals surface area contributed by atoms with Crippen molar-refractivity contribution in [1.29, 1.82) is 0 Å². The van der Waals surface area contributed by atoms with E-state index in [0.717, 1.165) is 53.8 Å². The Morgan fingerprint density at radius 2 is 2.10 bits per heavy atom. The van der Waals surface area contributed by atoms with Crippen molar-refractivity contribution < 1.29 is 4.79 Å². The van der Waals surface area contributed by atoms with E-state index in [4.69, 9.17) is 11.6 Å². The second kappa shape index (κ2) is 7.61. The summed E-state index contributed by atoms with van der Waals surface area (Å²) in [6, 6.07) is 5.93. The lowest BCUT2D eigenvalue weighted by Gasteiger charge is -2.22. The van der Waals surface area contributed by atoms with Crippen LogP contribution in [0.3, 0.4) is 0 Å². The highest BCUT2D eigenvalue weighted by atomic mass is 127. The molecule has 1 aliphatic rings. The summed E-state index contributed by atoms with van der Waals surface area (Å²) >= 11 is 8.07. The Balaban J connectivity index is 2.07. The number of rotatable bonds is 3. The Hall–Kier alpha value is -0.330. The van der Waals surface area contributed by atoms with Crippen LogP contribution in [0.1, 0.15) is 22.3 Å². The van der Waals surface area contributed by atoms with Gasteiger partial charge in [-0.05, 0) is 54.1 Å². The number of amides is 1. The molecule has 0 atom stereocenters. The molecule has 0 saturated carbocycles. The molecule has 1 aliphatic heterocycles. The minimum absolute atomic E-state index is 0.158. The predicted molar refractivity (Wildman–Crippen MR) is 91.6 cm³/mol. The van der Waals surface area contributed by atoms with E-state index in [9.17, 15) is 4.79 Å². The number of benzene rings is 1. The molecule has 110 valence electrons. The molecular weight excluding hydrogens is 387 g/mol. The van der Waals surface area contributed by atoms with Crippen LogP contribution in [0.5, 0.6) is 0 Å².